The van der Waals surface area contributed by atoms with Crippen LogP contribution in [0.2, 0.25) is 5.02 Å². The van der Waals surface area contributed by atoms with Crippen molar-refractivity contribution in [2.75, 3.05) is 25.3 Å². The summed E-state index contributed by atoms with van der Waals surface area (Å²) in [5, 5.41) is 7.51. The molecule has 0 saturated heterocycles. The molecular formula is C23H27ClF3N5O5S. The standard InChI is InChI=1S/C23H27ClF3N5O5S/c1-13(2)21-17(11-28-32(21)15-6-7-16(24)19(10-15)36-4)30-22(33)18(8-9-37-38(5,34)35)31-12-20(23(25,26)27)29-14(31)3/h6-7,10-13,18H,8-9H2,1-5H3,(H,30,33)/t18-/m0/s1. The molecule has 208 valence electrons. The Morgan fingerprint density at radius 2 is 1.95 bits per heavy atom. The number of aromatic nitrogens is 4. The number of alkyl halides is 3. The van der Waals surface area contributed by atoms with Crippen LogP contribution in [0, 0.1) is 6.92 Å². The first-order valence-corrected chi connectivity index (χ1v) is 13.5. The summed E-state index contributed by atoms with van der Waals surface area (Å²) in [5.41, 5.74) is 0.354. The molecule has 3 aromatic rings. The summed E-state index contributed by atoms with van der Waals surface area (Å²) in [4.78, 5) is 16.9. The van der Waals surface area contributed by atoms with Gasteiger partial charge in [0.1, 0.15) is 17.6 Å². The normalized spacial score (nSPS) is 13.1. The van der Waals surface area contributed by atoms with Crippen LogP contribution in [0.3, 0.4) is 0 Å². The lowest BCUT2D eigenvalue weighted by Crippen LogP contribution is -2.28. The molecular weight excluding hydrogens is 551 g/mol. The van der Waals surface area contributed by atoms with Crippen molar-refractivity contribution in [3.63, 3.8) is 0 Å². The monoisotopic (exact) mass is 577 g/mol. The second-order valence-corrected chi connectivity index (χ2v) is 10.8. The van der Waals surface area contributed by atoms with Crippen LogP contribution in [0.25, 0.3) is 5.69 Å². The molecule has 1 amide bonds. The lowest BCUT2D eigenvalue weighted by molar-refractivity contribution is -0.141. The molecule has 2 heterocycles. The SMILES string of the molecule is COc1cc(-n2ncc(NC(=O)[C@H](CCOS(C)(=O)=O)n3cc(C(F)(F)F)nc3C)c2C(C)C)ccc1Cl. The molecule has 1 atom stereocenters. The number of amides is 1. The third-order valence-electron chi connectivity index (χ3n) is 5.53. The molecule has 0 unspecified atom stereocenters. The number of nitrogens with one attached hydrogen (secondary N) is 1. The van der Waals surface area contributed by atoms with Crippen LogP contribution < -0.4 is 10.1 Å². The first-order valence-electron chi connectivity index (χ1n) is 11.3. The zero-order valence-corrected chi connectivity index (χ0v) is 22.8. The summed E-state index contributed by atoms with van der Waals surface area (Å²) in [6.07, 6.45) is -2.01. The predicted molar refractivity (Wildman–Crippen MR) is 134 cm³/mol. The van der Waals surface area contributed by atoms with Crippen LogP contribution in [0.5, 0.6) is 5.75 Å². The Bertz CT molecular complexity index is 1420. The van der Waals surface area contributed by atoms with Crippen molar-refractivity contribution in [3.8, 4) is 11.4 Å². The maximum Gasteiger partial charge on any atom is 0.434 e. The van der Waals surface area contributed by atoms with Crippen LogP contribution in [0.1, 0.15) is 49.4 Å². The van der Waals surface area contributed by atoms with Gasteiger partial charge in [0.2, 0.25) is 5.91 Å². The number of carbonyl (C=O) groups excluding carboxylic acids is 1. The Morgan fingerprint density at radius 3 is 2.50 bits per heavy atom. The summed E-state index contributed by atoms with van der Waals surface area (Å²) < 4.78 is 75.3. The Hall–Kier alpha value is -3.10. The molecule has 1 aromatic carbocycles. The third-order valence-corrected chi connectivity index (χ3v) is 6.43. The van der Waals surface area contributed by atoms with E-state index in [1.54, 1.807) is 22.9 Å². The maximum absolute atomic E-state index is 13.4. The van der Waals surface area contributed by atoms with Crippen LogP contribution >= 0.6 is 11.6 Å². The molecule has 0 saturated carbocycles. The van der Waals surface area contributed by atoms with E-state index in [4.69, 9.17) is 20.5 Å². The van der Waals surface area contributed by atoms with Gasteiger partial charge in [0, 0.05) is 18.7 Å². The highest BCUT2D eigenvalue weighted by atomic mass is 35.5. The van der Waals surface area contributed by atoms with E-state index in [-0.39, 0.29) is 18.2 Å². The number of aryl methyl sites for hydroxylation is 1. The lowest BCUT2D eigenvalue weighted by Gasteiger charge is -2.20. The van der Waals surface area contributed by atoms with E-state index in [2.05, 4.69) is 15.4 Å². The first kappa shape index (κ1) is 29.5. The zero-order chi connectivity index (χ0) is 28.4. The third kappa shape index (κ3) is 6.85. The number of methoxy groups -OCH3 is 1. The molecule has 0 fully saturated rings. The highest BCUT2D eigenvalue weighted by Gasteiger charge is 2.36. The van der Waals surface area contributed by atoms with E-state index in [0.29, 0.717) is 34.0 Å². The second-order valence-electron chi connectivity index (χ2n) is 8.73. The van der Waals surface area contributed by atoms with E-state index < -0.39 is 40.5 Å². The van der Waals surface area contributed by atoms with E-state index in [1.165, 1.54) is 20.2 Å². The lowest BCUT2D eigenvalue weighted by atomic mass is 10.1. The van der Waals surface area contributed by atoms with Gasteiger partial charge in [-0.3, -0.25) is 8.98 Å². The second kappa shape index (κ2) is 11.3. The van der Waals surface area contributed by atoms with Gasteiger partial charge in [0.15, 0.2) is 5.69 Å². The van der Waals surface area contributed by atoms with Crippen molar-refractivity contribution < 1.29 is 35.3 Å². The molecule has 15 heteroatoms. The van der Waals surface area contributed by atoms with Gasteiger partial charge in [-0.05, 0) is 25.0 Å². The average Bonchev–Trinajstić information content (AvgIpc) is 3.40. The number of rotatable bonds is 10. The number of hydrogen-bond acceptors (Lipinski definition) is 7. The van der Waals surface area contributed by atoms with Crippen molar-refractivity contribution in [1.29, 1.82) is 0 Å². The number of imidazole rings is 1. The summed E-state index contributed by atoms with van der Waals surface area (Å²) in [6, 6.07) is 3.76. The van der Waals surface area contributed by atoms with Crippen molar-refractivity contribution >= 4 is 33.3 Å². The van der Waals surface area contributed by atoms with Gasteiger partial charge in [0.05, 0.1) is 48.3 Å². The van der Waals surface area contributed by atoms with Crippen molar-refractivity contribution in [1.82, 2.24) is 19.3 Å². The predicted octanol–water partition coefficient (Wildman–Crippen LogP) is 4.73. The molecule has 2 aromatic heterocycles. The highest BCUT2D eigenvalue weighted by molar-refractivity contribution is 7.85. The van der Waals surface area contributed by atoms with E-state index in [1.807, 2.05) is 13.8 Å². The van der Waals surface area contributed by atoms with Crippen LogP contribution in [-0.4, -0.2) is 53.6 Å². The Morgan fingerprint density at radius 1 is 1.26 bits per heavy atom. The highest BCUT2D eigenvalue weighted by Crippen LogP contribution is 2.33. The molecule has 1 N–H and O–H groups in total. The summed E-state index contributed by atoms with van der Waals surface area (Å²) in [6.45, 7) is 4.64. The van der Waals surface area contributed by atoms with Gasteiger partial charge >= 0.3 is 6.18 Å². The van der Waals surface area contributed by atoms with Gasteiger partial charge in [0.25, 0.3) is 10.1 Å². The van der Waals surface area contributed by atoms with Crippen LogP contribution in [-0.2, 0) is 25.3 Å². The number of benzene rings is 1. The largest absolute Gasteiger partial charge is 0.495 e. The number of carbonyl (C=O) groups is 1. The number of ether oxygens (including phenoxy) is 1. The van der Waals surface area contributed by atoms with Gasteiger partial charge in [-0.2, -0.15) is 26.7 Å². The zero-order valence-electron chi connectivity index (χ0n) is 21.2. The molecule has 0 aliphatic heterocycles. The maximum atomic E-state index is 13.4. The van der Waals surface area contributed by atoms with E-state index in [0.717, 1.165) is 10.8 Å². The first-order chi connectivity index (χ1) is 17.6. The van der Waals surface area contributed by atoms with E-state index in [9.17, 15) is 26.4 Å². The molecule has 0 bridgehead atoms. The number of hydrogen-bond donors (Lipinski definition) is 1. The fourth-order valence-corrected chi connectivity index (χ4v) is 4.45. The molecule has 0 aliphatic carbocycles. The van der Waals surface area contributed by atoms with Gasteiger partial charge in [-0.25, -0.2) is 9.67 Å². The minimum atomic E-state index is -4.73. The molecule has 0 radical (unpaired) electrons. The van der Waals surface area contributed by atoms with Gasteiger partial charge in [-0.15, -0.1) is 0 Å². The van der Waals surface area contributed by atoms with Crippen molar-refractivity contribution in [3.05, 3.63) is 52.8 Å². The van der Waals surface area contributed by atoms with E-state index >= 15 is 0 Å². The van der Waals surface area contributed by atoms with Gasteiger partial charge in [-0.1, -0.05) is 25.4 Å². The molecule has 0 spiro atoms. The minimum absolute atomic E-state index is 0.0788. The molecule has 38 heavy (non-hydrogen) atoms. The molecule has 3 rings (SSSR count). The summed E-state index contributed by atoms with van der Waals surface area (Å²) in [7, 11) is -2.37. The van der Waals surface area contributed by atoms with Crippen molar-refractivity contribution in [2.45, 2.75) is 45.3 Å². The summed E-state index contributed by atoms with van der Waals surface area (Å²) >= 11 is 6.13. The fourth-order valence-electron chi connectivity index (χ4n) is 3.86. The number of nitrogens with zero attached hydrogens (tertiary/aromatic N) is 4. The van der Waals surface area contributed by atoms with Crippen molar-refractivity contribution in [2.24, 2.45) is 0 Å². The van der Waals surface area contributed by atoms with Crippen LogP contribution in [0.4, 0.5) is 18.9 Å². The fraction of sp³-hybridized carbons (Fsp3) is 0.435. The summed E-state index contributed by atoms with van der Waals surface area (Å²) in [5.74, 6) is -0.508. The Kier molecular flexibility index (Phi) is 8.79. The average molecular weight is 578 g/mol. The Balaban J connectivity index is 1.98. The smallest absolute Gasteiger partial charge is 0.434 e. The topological polar surface area (TPSA) is 117 Å². The number of halogens is 4. The minimum Gasteiger partial charge on any atom is -0.495 e. The Labute approximate surface area is 222 Å². The van der Waals surface area contributed by atoms with Gasteiger partial charge < -0.3 is 14.6 Å². The number of anilines is 1. The molecule has 10 nitrogen and oxygen atoms in total. The van der Waals surface area contributed by atoms with Crippen LogP contribution in [0.15, 0.2) is 30.6 Å². The quantitative estimate of drug-likeness (QED) is 0.346. The molecule has 0 aliphatic rings.